The molecule has 5 heteroatoms. The Morgan fingerprint density at radius 3 is 2.89 bits per heavy atom. The van der Waals surface area contributed by atoms with E-state index in [-0.39, 0.29) is 12.0 Å². The quantitative estimate of drug-likeness (QED) is 0.872. The number of aromatic nitrogens is 2. The van der Waals surface area contributed by atoms with E-state index in [1.165, 1.54) is 0 Å². The fraction of sp³-hybridized carbons (Fsp3) is 0.462. The van der Waals surface area contributed by atoms with Crippen molar-refractivity contribution in [2.45, 2.75) is 26.5 Å². The first-order chi connectivity index (χ1) is 8.56. The lowest BCUT2D eigenvalue weighted by atomic mass is 10.1. The molecule has 0 amide bonds. The number of fused-ring (bicyclic) bond motifs is 1. The van der Waals surface area contributed by atoms with Crippen LogP contribution in [0, 0.1) is 5.92 Å². The van der Waals surface area contributed by atoms with Gasteiger partial charge in [0.25, 0.3) is 0 Å². The highest BCUT2D eigenvalue weighted by molar-refractivity contribution is 6.30. The maximum atomic E-state index is 9.68. The summed E-state index contributed by atoms with van der Waals surface area (Å²) in [4.78, 5) is 4.46. The van der Waals surface area contributed by atoms with Gasteiger partial charge in [0.05, 0.1) is 16.8 Å². The Kier molecular flexibility index (Phi) is 4.22. The monoisotopic (exact) mass is 267 g/mol. The van der Waals surface area contributed by atoms with Crippen molar-refractivity contribution in [3.63, 3.8) is 0 Å². The van der Waals surface area contributed by atoms with E-state index in [4.69, 9.17) is 11.6 Å². The molecule has 0 fully saturated rings. The predicted octanol–water partition coefficient (Wildman–Crippen LogP) is 2.09. The minimum Gasteiger partial charge on any atom is -0.392 e. The van der Waals surface area contributed by atoms with Crippen molar-refractivity contribution < 1.29 is 5.11 Å². The number of pyridine rings is 1. The molecule has 98 valence electrons. The third-order valence-electron chi connectivity index (χ3n) is 2.89. The Bertz CT molecular complexity index is 524. The predicted molar refractivity (Wildman–Crippen MR) is 72.8 cm³/mol. The van der Waals surface area contributed by atoms with Crippen LogP contribution in [0.3, 0.4) is 0 Å². The van der Waals surface area contributed by atoms with E-state index in [0.29, 0.717) is 18.1 Å². The normalized spacial score (nSPS) is 13.4. The van der Waals surface area contributed by atoms with Gasteiger partial charge in [-0.1, -0.05) is 25.4 Å². The van der Waals surface area contributed by atoms with Gasteiger partial charge in [-0.15, -0.1) is 0 Å². The maximum absolute atomic E-state index is 9.68. The molecule has 0 bridgehead atoms. The summed E-state index contributed by atoms with van der Waals surface area (Å²) >= 11 is 5.91. The molecule has 1 unspecified atom stereocenters. The molecule has 0 saturated heterocycles. The molecule has 0 saturated carbocycles. The van der Waals surface area contributed by atoms with Crippen molar-refractivity contribution >= 4 is 17.2 Å². The molecule has 2 heterocycles. The summed E-state index contributed by atoms with van der Waals surface area (Å²) in [6, 6.07) is 3.71. The van der Waals surface area contributed by atoms with E-state index in [9.17, 15) is 5.11 Å². The van der Waals surface area contributed by atoms with Crippen LogP contribution in [0.5, 0.6) is 0 Å². The lowest BCUT2D eigenvalue weighted by Crippen LogP contribution is -2.30. The van der Waals surface area contributed by atoms with E-state index >= 15 is 0 Å². The second-order valence-corrected chi connectivity index (χ2v) is 5.22. The lowest BCUT2D eigenvalue weighted by molar-refractivity contribution is 0.123. The number of rotatable bonds is 5. The van der Waals surface area contributed by atoms with Gasteiger partial charge in [-0.25, -0.2) is 4.98 Å². The van der Waals surface area contributed by atoms with Gasteiger partial charge in [-0.05, 0) is 18.1 Å². The van der Waals surface area contributed by atoms with Crippen LogP contribution in [0.15, 0.2) is 24.5 Å². The van der Waals surface area contributed by atoms with Crippen LogP contribution in [0.2, 0.25) is 5.02 Å². The SMILES string of the molecule is CC(C)C(O)CNCc1cn2cc(Cl)ccc2n1. The summed E-state index contributed by atoms with van der Waals surface area (Å²) in [5.41, 5.74) is 1.81. The van der Waals surface area contributed by atoms with Gasteiger partial charge in [-0.3, -0.25) is 0 Å². The molecule has 4 nitrogen and oxygen atoms in total. The summed E-state index contributed by atoms with van der Waals surface area (Å²) in [5.74, 6) is 0.261. The van der Waals surface area contributed by atoms with Crippen molar-refractivity contribution in [3.05, 3.63) is 35.2 Å². The highest BCUT2D eigenvalue weighted by Crippen LogP contribution is 2.11. The fourth-order valence-electron chi connectivity index (χ4n) is 1.69. The second kappa shape index (κ2) is 5.69. The van der Waals surface area contributed by atoms with Crippen LogP contribution >= 0.6 is 11.6 Å². The molecule has 1 atom stereocenters. The molecule has 0 aliphatic carbocycles. The molecule has 0 radical (unpaired) electrons. The second-order valence-electron chi connectivity index (χ2n) is 4.79. The van der Waals surface area contributed by atoms with Gasteiger partial charge in [-0.2, -0.15) is 0 Å². The molecule has 2 rings (SSSR count). The van der Waals surface area contributed by atoms with E-state index in [1.54, 1.807) is 0 Å². The molecule has 2 aromatic rings. The van der Waals surface area contributed by atoms with Crippen LogP contribution in [0.1, 0.15) is 19.5 Å². The van der Waals surface area contributed by atoms with Crippen molar-refractivity contribution in [3.8, 4) is 0 Å². The van der Waals surface area contributed by atoms with Gasteiger partial charge in [0.2, 0.25) is 0 Å². The molecular formula is C13H18ClN3O. The van der Waals surface area contributed by atoms with Crippen LogP contribution < -0.4 is 5.32 Å². The van der Waals surface area contributed by atoms with E-state index in [2.05, 4.69) is 10.3 Å². The Morgan fingerprint density at radius 1 is 1.39 bits per heavy atom. The average Bonchev–Trinajstić information content (AvgIpc) is 2.70. The highest BCUT2D eigenvalue weighted by atomic mass is 35.5. The maximum Gasteiger partial charge on any atom is 0.137 e. The Balaban J connectivity index is 1.96. The largest absolute Gasteiger partial charge is 0.392 e. The van der Waals surface area contributed by atoms with Crippen molar-refractivity contribution in [1.82, 2.24) is 14.7 Å². The first-order valence-electron chi connectivity index (χ1n) is 6.08. The van der Waals surface area contributed by atoms with Gasteiger partial charge >= 0.3 is 0 Å². The highest BCUT2D eigenvalue weighted by Gasteiger charge is 2.08. The fourth-order valence-corrected chi connectivity index (χ4v) is 1.85. The van der Waals surface area contributed by atoms with Gasteiger partial charge < -0.3 is 14.8 Å². The van der Waals surface area contributed by atoms with Crippen LogP contribution in [0.25, 0.3) is 5.65 Å². The first-order valence-corrected chi connectivity index (χ1v) is 6.46. The van der Waals surface area contributed by atoms with E-state index in [0.717, 1.165) is 11.3 Å². The zero-order valence-corrected chi connectivity index (χ0v) is 11.4. The summed E-state index contributed by atoms with van der Waals surface area (Å²) in [5, 5.41) is 13.6. The molecular weight excluding hydrogens is 250 g/mol. The molecule has 0 aliphatic heterocycles. The number of hydrogen-bond acceptors (Lipinski definition) is 3. The number of hydrogen-bond donors (Lipinski definition) is 2. The van der Waals surface area contributed by atoms with Crippen LogP contribution in [-0.4, -0.2) is 27.1 Å². The zero-order valence-electron chi connectivity index (χ0n) is 10.6. The van der Waals surface area contributed by atoms with Crippen molar-refractivity contribution in [2.75, 3.05) is 6.54 Å². The van der Waals surface area contributed by atoms with Crippen molar-refractivity contribution in [2.24, 2.45) is 5.92 Å². The molecule has 0 spiro atoms. The number of imidazole rings is 1. The van der Waals surface area contributed by atoms with Gasteiger partial charge in [0.1, 0.15) is 5.65 Å². The number of halogens is 1. The molecule has 0 aromatic carbocycles. The summed E-state index contributed by atoms with van der Waals surface area (Å²) in [7, 11) is 0. The van der Waals surface area contributed by atoms with E-state index < -0.39 is 0 Å². The minimum atomic E-state index is -0.323. The average molecular weight is 268 g/mol. The van der Waals surface area contributed by atoms with Crippen LogP contribution in [0.4, 0.5) is 0 Å². The Labute approximate surface area is 112 Å². The zero-order chi connectivity index (χ0) is 13.1. The molecule has 0 aliphatic rings. The number of aliphatic hydroxyl groups excluding tert-OH is 1. The summed E-state index contributed by atoms with van der Waals surface area (Å²) in [6.07, 6.45) is 3.45. The van der Waals surface area contributed by atoms with E-state index in [1.807, 2.05) is 42.8 Å². The summed E-state index contributed by atoms with van der Waals surface area (Å²) in [6.45, 7) is 5.22. The first kappa shape index (κ1) is 13.3. The minimum absolute atomic E-state index is 0.261. The Hall–Kier alpha value is -1.10. The lowest BCUT2D eigenvalue weighted by Gasteiger charge is -2.14. The van der Waals surface area contributed by atoms with Gasteiger partial charge in [0.15, 0.2) is 0 Å². The van der Waals surface area contributed by atoms with Crippen LogP contribution in [-0.2, 0) is 6.54 Å². The smallest absolute Gasteiger partial charge is 0.137 e. The topological polar surface area (TPSA) is 49.6 Å². The van der Waals surface area contributed by atoms with Crippen molar-refractivity contribution in [1.29, 1.82) is 0 Å². The number of nitrogens with one attached hydrogen (secondary N) is 1. The molecule has 2 aromatic heterocycles. The molecule has 18 heavy (non-hydrogen) atoms. The third-order valence-corrected chi connectivity index (χ3v) is 3.12. The Morgan fingerprint density at radius 2 is 2.17 bits per heavy atom. The molecule has 2 N–H and O–H groups in total. The standard InChI is InChI=1S/C13H18ClN3O/c1-9(2)12(18)6-15-5-11-8-17-7-10(14)3-4-13(17)16-11/h3-4,7-9,12,15,18H,5-6H2,1-2H3. The summed E-state index contributed by atoms with van der Waals surface area (Å²) < 4.78 is 1.90. The number of aliphatic hydroxyl groups is 1. The third kappa shape index (κ3) is 3.22. The number of nitrogens with zero attached hydrogens (tertiary/aromatic N) is 2. The van der Waals surface area contributed by atoms with Gasteiger partial charge in [0, 0.05) is 25.5 Å².